The number of aromatic nitrogens is 4. The van der Waals surface area contributed by atoms with Crippen LogP contribution in [0, 0.1) is 0 Å². The van der Waals surface area contributed by atoms with E-state index in [9.17, 15) is 9.59 Å². The molecular weight excluding hydrogens is 478 g/mol. The van der Waals surface area contributed by atoms with E-state index in [0.29, 0.717) is 12.2 Å². The second kappa shape index (κ2) is 10.7. The van der Waals surface area contributed by atoms with Gasteiger partial charge in [-0.05, 0) is 72.2 Å². The lowest BCUT2D eigenvalue weighted by atomic mass is 9.98. The molecule has 0 aliphatic carbocycles. The van der Waals surface area contributed by atoms with Crippen LogP contribution in [-0.4, -0.2) is 61.8 Å². The Kier molecular flexibility index (Phi) is 7.22. The van der Waals surface area contributed by atoms with E-state index in [1.54, 1.807) is 35.5 Å². The lowest BCUT2D eigenvalue weighted by molar-refractivity contribution is 0.0359. The second-order valence-corrected chi connectivity index (χ2v) is 10.1. The fourth-order valence-corrected chi connectivity index (χ4v) is 5.82. The van der Waals surface area contributed by atoms with Crippen molar-refractivity contribution >= 4 is 23.6 Å². The van der Waals surface area contributed by atoms with Gasteiger partial charge in [-0.1, -0.05) is 23.9 Å². The first-order valence-corrected chi connectivity index (χ1v) is 13.2. The minimum Gasteiger partial charge on any atom is -0.490 e. The summed E-state index contributed by atoms with van der Waals surface area (Å²) in [5, 5.41) is 12.2. The van der Waals surface area contributed by atoms with Gasteiger partial charge in [0.05, 0.1) is 12.2 Å². The Balaban J connectivity index is 1.17. The Morgan fingerprint density at radius 3 is 2.28 bits per heavy atom. The highest BCUT2D eigenvalue weighted by molar-refractivity contribution is 7.98. The fourth-order valence-electron chi connectivity index (χ4n) is 5.02. The van der Waals surface area contributed by atoms with Gasteiger partial charge in [0.15, 0.2) is 0 Å². The van der Waals surface area contributed by atoms with E-state index in [0.717, 1.165) is 53.5 Å². The lowest BCUT2D eigenvalue weighted by Crippen LogP contribution is -2.49. The van der Waals surface area contributed by atoms with Gasteiger partial charge < -0.3 is 14.4 Å². The number of esters is 1. The number of carbonyl (C=O) groups is 2. The monoisotopic (exact) mass is 507 g/mol. The molecule has 2 atom stereocenters. The molecule has 3 aromatic rings. The molecule has 2 aromatic carbocycles. The zero-order valence-corrected chi connectivity index (χ0v) is 21.2. The molecule has 2 aliphatic heterocycles. The van der Waals surface area contributed by atoms with Crippen LogP contribution in [0.25, 0.3) is 0 Å². The normalized spacial score (nSPS) is 20.8. The summed E-state index contributed by atoms with van der Waals surface area (Å²) in [5.74, 6) is 1.23. The summed E-state index contributed by atoms with van der Waals surface area (Å²) in [6.07, 6.45) is 3.66. The van der Waals surface area contributed by atoms with Crippen LogP contribution in [-0.2, 0) is 17.5 Å². The highest BCUT2D eigenvalue weighted by Crippen LogP contribution is 2.38. The molecule has 2 fully saturated rings. The number of fused-ring (bicyclic) bond motifs is 2. The molecule has 3 heterocycles. The number of amides is 1. The Hall–Kier alpha value is -3.40. The number of ether oxygens (including phenoxy) is 2. The maximum atomic E-state index is 13.4. The molecular formula is C26H29N5O4S. The minimum atomic E-state index is -0.330. The molecule has 1 aromatic heterocycles. The van der Waals surface area contributed by atoms with Crippen molar-refractivity contribution in [3.63, 3.8) is 0 Å². The minimum absolute atomic E-state index is 0.0505. The van der Waals surface area contributed by atoms with Gasteiger partial charge in [0, 0.05) is 43.3 Å². The Labute approximate surface area is 214 Å². The number of tetrazole rings is 1. The number of hydrogen-bond acceptors (Lipinski definition) is 8. The summed E-state index contributed by atoms with van der Waals surface area (Å²) >= 11 is 1.56. The quantitative estimate of drug-likeness (QED) is 0.334. The van der Waals surface area contributed by atoms with E-state index in [1.807, 2.05) is 43.4 Å². The predicted octanol–water partition coefficient (Wildman–Crippen LogP) is 3.89. The molecule has 0 N–H and O–H groups in total. The van der Waals surface area contributed by atoms with Crippen LogP contribution in [0.1, 0.15) is 58.9 Å². The lowest BCUT2D eigenvalue weighted by Gasteiger charge is -2.39. The van der Waals surface area contributed by atoms with Gasteiger partial charge in [-0.25, -0.2) is 9.48 Å². The maximum Gasteiger partial charge on any atom is 0.338 e. The first kappa shape index (κ1) is 24.3. The van der Waals surface area contributed by atoms with Gasteiger partial charge in [0.1, 0.15) is 11.9 Å². The number of thioether (sulfide) groups is 1. The molecule has 1 amide bonds. The van der Waals surface area contributed by atoms with Crippen molar-refractivity contribution in [1.29, 1.82) is 0 Å². The highest BCUT2D eigenvalue weighted by atomic mass is 32.2. The smallest absolute Gasteiger partial charge is 0.338 e. The number of nitrogens with zero attached hydrogens (tertiary/aromatic N) is 5. The maximum absolute atomic E-state index is 13.4. The number of piperidine rings is 1. The summed E-state index contributed by atoms with van der Waals surface area (Å²) in [7, 11) is 1.81. The van der Waals surface area contributed by atoms with E-state index in [2.05, 4.69) is 20.4 Å². The zero-order chi connectivity index (χ0) is 25.1. The van der Waals surface area contributed by atoms with Crippen molar-refractivity contribution in [2.75, 3.05) is 6.61 Å². The fraction of sp³-hybridized carbons (Fsp3) is 0.423. The van der Waals surface area contributed by atoms with Gasteiger partial charge >= 0.3 is 5.97 Å². The van der Waals surface area contributed by atoms with E-state index < -0.39 is 0 Å². The van der Waals surface area contributed by atoms with E-state index >= 15 is 0 Å². The van der Waals surface area contributed by atoms with Crippen LogP contribution in [0.5, 0.6) is 5.75 Å². The molecule has 36 heavy (non-hydrogen) atoms. The standard InChI is InChI=1S/C26H29N5O4S/c1-3-34-25(33)19-8-12-22(13-9-19)35-23-14-20-10-11-21(15-23)31(20)24(32)18-6-4-17(5-7-18)16-36-26-27-28-29-30(26)2/h4-9,12-13,20-21,23H,3,10-11,14-16H2,1-2H3. The molecule has 9 nitrogen and oxygen atoms in total. The number of carbonyl (C=O) groups excluding carboxylic acids is 2. The Morgan fingerprint density at radius 2 is 1.67 bits per heavy atom. The number of benzene rings is 2. The SMILES string of the molecule is CCOC(=O)c1ccc(OC2CC3CCC(C2)N3C(=O)c2ccc(CSc3nnnn3C)cc2)cc1. The average molecular weight is 508 g/mol. The number of aryl methyl sites for hydroxylation is 1. The molecule has 10 heteroatoms. The Bertz CT molecular complexity index is 1200. The summed E-state index contributed by atoms with van der Waals surface area (Å²) in [6.45, 7) is 2.14. The largest absolute Gasteiger partial charge is 0.490 e. The second-order valence-electron chi connectivity index (χ2n) is 9.12. The van der Waals surface area contributed by atoms with Crippen molar-refractivity contribution in [3.05, 3.63) is 65.2 Å². The molecule has 0 saturated carbocycles. The third kappa shape index (κ3) is 5.23. The summed E-state index contributed by atoms with van der Waals surface area (Å²) in [4.78, 5) is 27.3. The van der Waals surface area contributed by atoms with Crippen molar-refractivity contribution in [3.8, 4) is 5.75 Å². The van der Waals surface area contributed by atoms with Crippen molar-refractivity contribution < 1.29 is 19.1 Å². The van der Waals surface area contributed by atoms with Crippen molar-refractivity contribution in [2.24, 2.45) is 7.05 Å². The van der Waals surface area contributed by atoms with E-state index in [4.69, 9.17) is 9.47 Å². The predicted molar refractivity (Wildman–Crippen MR) is 134 cm³/mol. The van der Waals surface area contributed by atoms with Gasteiger partial charge in [-0.3, -0.25) is 4.79 Å². The third-order valence-corrected chi connectivity index (χ3v) is 7.82. The van der Waals surface area contributed by atoms with Gasteiger partial charge in [-0.2, -0.15) is 0 Å². The van der Waals surface area contributed by atoms with Gasteiger partial charge in [-0.15, -0.1) is 5.10 Å². The third-order valence-electron chi connectivity index (χ3n) is 6.74. The molecule has 2 unspecified atom stereocenters. The summed E-state index contributed by atoms with van der Waals surface area (Å²) in [6, 6.07) is 15.3. The van der Waals surface area contributed by atoms with Gasteiger partial charge in [0.25, 0.3) is 5.91 Å². The van der Waals surface area contributed by atoms with E-state index in [-0.39, 0.29) is 30.1 Å². The first-order valence-electron chi connectivity index (χ1n) is 12.2. The van der Waals surface area contributed by atoms with Crippen molar-refractivity contribution in [1.82, 2.24) is 25.1 Å². The van der Waals surface area contributed by atoms with Gasteiger partial charge in [0.2, 0.25) is 5.16 Å². The topological polar surface area (TPSA) is 99.4 Å². The summed E-state index contributed by atoms with van der Waals surface area (Å²) < 4.78 is 12.9. The molecule has 0 spiro atoms. The Morgan fingerprint density at radius 1 is 1.00 bits per heavy atom. The van der Waals surface area contributed by atoms with Crippen LogP contribution in [0.4, 0.5) is 0 Å². The highest BCUT2D eigenvalue weighted by Gasteiger charge is 2.44. The number of hydrogen-bond donors (Lipinski definition) is 0. The van der Waals surface area contributed by atoms with Crippen LogP contribution < -0.4 is 4.74 Å². The van der Waals surface area contributed by atoms with Crippen LogP contribution >= 0.6 is 11.8 Å². The molecule has 2 saturated heterocycles. The molecule has 5 rings (SSSR count). The van der Waals surface area contributed by atoms with Crippen LogP contribution in [0.3, 0.4) is 0 Å². The van der Waals surface area contributed by atoms with E-state index in [1.165, 1.54) is 0 Å². The van der Waals surface area contributed by atoms with Crippen LogP contribution in [0.2, 0.25) is 0 Å². The number of rotatable bonds is 8. The first-order chi connectivity index (χ1) is 17.5. The average Bonchev–Trinajstić information content (AvgIpc) is 3.42. The van der Waals surface area contributed by atoms with Crippen molar-refractivity contribution in [2.45, 2.75) is 61.7 Å². The molecule has 2 aliphatic rings. The molecule has 2 bridgehead atoms. The molecule has 188 valence electrons. The van der Waals surface area contributed by atoms with Crippen LogP contribution in [0.15, 0.2) is 53.7 Å². The molecule has 0 radical (unpaired) electrons. The summed E-state index contributed by atoms with van der Waals surface area (Å²) in [5.41, 5.74) is 2.35. The zero-order valence-electron chi connectivity index (χ0n) is 20.4.